The van der Waals surface area contributed by atoms with Crippen LogP contribution in [-0.4, -0.2) is 49.7 Å². The third-order valence-electron chi connectivity index (χ3n) is 4.18. The number of hydrogen-bond donors (Lipinski definition) is 1. The Kier molecular flexibility index (Phi) is 5.91. The van der Waals surface area contributed by atoms with Gasteiger partial charge in [-0.3, -0.25) is 9.69 Å². The minimum absolute atomic E-state index is 0.215. The fourth-order valence-corrected chi connectivity index (χ4v) is 2.82. The van der Waals surface area contributed by atoms with Crippen LogP contribution in [0, 0.1) is 11.6 Å². The highest BCUT2D eigenvalue weighted by atomic mass is 19.1. The van der Waals surface area contributed by atoms with Crippen molar-refractivity contribution in [3.63, 3.8) is 0 Å². The summed E-state index contributed by atoms with van der Waals surface area (Å²) in [6, 6.07) is 12.4. The van der Waals surface area contributed by atoms with Crippen LogP contribution in [0.3, 0.4) is 0 Å². The van der Waals surface area contributed by atoms with Crippen LogP contribution >= 0.6 is 0 Å². The van der Waals surface area contributed by atoms with Gasteiger partial charge in [-0.25, -0.2) is 14.2 Å². The molecule has 0 radical (unpaired) electrons. The lowest BCUT2D eigenvalue weighted by molar-refractivity contribution is -0.122. The molecule has 136 valence electrons. The number of nitrogens with zero attached hydrogens (tertiary/aromatic N) is 3. The van der Waals surface area contributed by atoms with Crippen LogP contribution in [0.4, 0.5) is 14.5 Å². The molecule has 1 fully saturated rings. The molecule has 0 saturated carbocycles. The second kappa shape index (κ2) is 8.53. The van der Waals surface area contributed by atoms with Gasteiger partial charge in [-0.15, -0.1) is 0 Å². The van der Waals surface area contributed by atoms with E-state index >= 15 is 0 Å². The number of carbonyl (C=O) groups excluding carboxylic acids is 1. The molecule has 0 aromatic heterocycles. The predicted octanol–water partition coefficient (Wildman–Crippen LogP) is 2.24. The van der Waals surface area contributed by atoms with Crippen LogP contribution in [0.1, 0.15) is 5.56 Å². The van der Waals surface area contributed by atoms with E-state index in [4.69, 9.17) is 0 Å². The Labute approximate surface area is 150 Å². The summed E-state index contributed by atoms with van der Waals surface area (Å²) in [5.74, 6) is -0.810. The molecule has 2 aromatic rings. The van der Waals surface area contributed by atoms with Crippen LogP contribution in [-0.2, 0) is 4.79 Å². The third kappa shape index (κ3) is 5.10. The molecule has 0 bridgehead atoms. The minimum atomic E-state index is -0.348. The molecule has 1 aliphatic rings. The number of anilines is 1. The molecule has 0 atom stereocenters. The van der Waals surface area contributed by atoms with E-state index < -0.39 is 0 Å². The van der Waals surface area contributed by atoms with Crippen molar-refractivity contribution >= 4 is 17.8 Å². The maximum Gasteiger partial charge on any atom is 0.254 e. The lowest BCUT2D eigenvalue weighted by atomic mass is 10.2. The summed E-state index contributed by atoms with van der Waals surface area (Å²) in [5.41, 5.74) is 4.02. The van der Waals surface area contributed by atoms with Gasteiger partial charge in [0.2, 0.25) is 0 Å². The first-order valence-electron chi connectivity index (χ1n) is 8.40. The summed E-state index contributed by atoms with van der Waals surface area (Å²) in [7, 11) is 0. The maximum absolute atomic E-state index is 13.1. The number of nitrogens with one attached hydrogen (secondary N) is 1. The van der Waals surface area contributed by atoms with Crippen molar-refractivity contribution in [1.29, 1.82) is 0 Å². The van der Waals surface area contributed by atoms with E-state index in [1.807, 2.05) is 4.90 Å². The zero-order valence-corrected chi connectivity index (χ0v) is 14.2. The van der Waals surface area contributed by atoms with Gasteiger partial charge in [0.25, 0.3) is 5.91 Å². The van der Waals surface area contributed by atoms with Gasteiger partial charge in [0.05, 0.1) is 12.8 Å². The molecule has 0 aliphatic carbocycles. The first kappa shape index (κ1) is 18.0. The Morgan fingerprint density at radius 1 is 1.04 bits per heavy atom. The summed E-state index contributed by atoms with van der Waals surface area (Å²) in [5, 5.41) is 3.86. The summed E-state index contributed by atoms with van der Waals surface area (Å²) >= 11 is 0. The number of piperazine rings is 1. The van der Waals surface area contributed by atoms with Crippen LogP contribution < -0.4 is 10.3 Å². The van der Waals surface area contributed by atoms with Gasteiger partial charge in [0, 0.05) is 31.9 Å². The van der Waals surface area contributed by atoms with Crippen LogP contribution in [0.25, 0.3) is 0 Å². The number of carbonyl (C=O) groups is 1. The van der Waals surface area contributed by atoms with Crippen molar-refractivity contribution in [3.8, 4) is 0 Å². The van der Waals surface area contributed by atoms with E-state index in [2.05, 4.69) is 15.4 Å². The molecule has 1 N–H and O–H groups in total. The van der Waals surface area contributed by atoms with E-state index in [0.29, 0.717) is 5.56 Å². The summed E-state index contributed by atoms with van der Waals surface area (Å²) in [4.78, 5) is 16.2. The maximum atomic E-state index is 13.1. The van der Waals surface area contributed by atoms with Crippen molar-refractivity contribution in [3.05, 3.63) is 65.7 Å². The topological polar surface area (TPSA) is 47.9 Å². The normalized spacial score (nSPS) is 15.4. The van der Waals surface area contributed by atoms with Crippen molar-refractivity contribution in [2.75, 3.05) is 37.6 Å². The molecule has 5 nitrogen and oxygen atoms in total. The van der Waals surface area contributed by atoms with Gasteiger partial charge < -0.3 is 4.90 Å². The Balaban J connectivity index is 1.42. The summed E-state index contributed by atoms with van der Waals surface area (Å²) < 4.78 is 26.0. The first-order chi connectivity index (χ1) is 12.6. The highest BCUT2D eigenvalue weighted by Crippen LogP contribution is 2.16. The SMILES string of the molecule is O=C(CN1CCN(c2ccc(F)cc2)CC1)N/N=C/c1cccc(F)c1. The highest BCUT2D eigenvalue weighted by Gasteiger charge is 2.19. The quantitative estimate of drug-likeness (QED) is 0.659. The van der Waals surface area contributed by atoms with Gasteiger partial charge >= 0.3 is 0 Å². The van der Waals surface area contributed by atoms with Gasteiger partial charge in [-0.2, -0.15) is 5.10 Å². The van der Waals surface area contributed by atoms with Crippen molar-refractivity contribution in [1.82, 2.24) is 10.3 Å². The first-order valence-corrected chi connectivity index (χ1v) is 8.40. The lowest BCUT2D eigenvalue weighted by Crippen LogP contribution is -2.49. The molecule has 1 amide bonds. The molecule has 7 heteroatoms. The number of rotatable bonds is 5. The largest absolute Gasteiger partial charge is 0.369 e. The van der Waals surface area contributed by atoms with Gasteiger partial charge in [0.1, 0.15) is 11.6 Å². The number of benzene rings is 2. The molecular weight excluding hydrogens is 338 g/mol. The Morgan fingerprint density at radius 2 is 1.77 bits per heavy atom. The van der Waals surface area contributed by atoms with Gasteiger partial charge in [-0.1, -0.05) is 12.1 Å². The molecule has 26 heavy (non-hydrogen) atoms. The zero-order chi connectivity index (χ0) is 18.4. The third-order valence-corrected chi connectivity index (χ3v) is 4.18. The van der Waals surface area contributed by atoms with Crippen molar-refractivity contribution in [2.24, 2.45) is 5.10 Å². The number of hydrogen-bond acceptors (Lipinski definition) is 4. The lowest BCUT2D eigenvalue weighted by Gasteiger charge is -2.35. The fourth-order valence-electron chi connectivity index (χ4n) is 2.82. The van der Waals surface area contributed by atoms with Crippen molar-refractivity contribution < 1.29 is 13.6 Å². The number of hydrazone groups is 1. The van der Waals surface area contributed by atoms with E-state index in [-0.39, 0.29) is 24.1 Å². The van der Waals surface area contributed by atoms with E-state index in [9.17, 15) is 13.6 Å². The van der Waals surface area contributed by atoms with E-state index in [1.165, 1.54) is 30.5 Å². The summed E-state index contributed by atoms with van der Waals surface area (Å²) in [6.07, 6.45) is 1.41. The predicted molar refractivity (Wildman–Crippen MR) is 97.2 cm³/mol. The Bertz CT molecular complexity index is 771. The molecular formula is C19H20F2N4O. The summed E-state index contributed by atoms with van der Waals surface area (Å²) in [6.45, 7) is 3.26. The van der Waals surface area contributed by atoms with E-state index in [1.54, 1.807) is 24.3 Å². The Morgan fingerprint density at radius 3 is 2.46 bits per heavy atom. The van der Waals surface area contributed by atoms with Crippen LogP contribution in [0.5, 0.6) is 0 Å². The molecule has 1 saturated heterocycles. The molecule has 1 aliphatic heterocycles. The van der Waals surface area contributed by atoms with E-state index in [0.717, 1.165) is 31.9 Å². The molecule has 0 unspecified atom stereocenters. The number of amides is 1. The Hall–Kier alpha value is -2.80. The second-order valence-corrected chi connectivity index (χ2v) is 6.09. The number of halogens is 2. The second-order valence-electron chi connectivity index (χ2n) is 6.09. The average molecular weight is 358 g/mol. The molecule has 1 heterocycles. The van der Waals surface area contributed by atoms with Crippen molar-refractivity contribution in [2.45, 2.75) is 0 Å². The fraction of sp³-hybridized carbons (Fsp3) is 0.263. The monoisotopic (exact) mass is 358 g/mol. The van der Waals surface area contributed by atoms with Gasteiger partial charge in [-0.05, 0) is 42.0 Å². The molecule has 3 rings (SSSR count). The van der Waals surface area contributed by atoms with Crippen LogP contribution in [0.15, 0.2) is 53.6 Å². The van der Waals surface area contributed by atoms with Gasteiger partial charge in [0.15, 0.2) is 0 Å². The smallest absolute Gasteiger partial charge is 0.254 e. The minimum Gasteiger partial charge on any atom is -0.369 e. The van der Waals surface area contributed by atoms with Crippen LogP contribution in [0.2, 0.25) is 0 Å². The average Bonchev–Trinajstić information content (AvgIpc) is 2.63. The molecule has 0 spiro atoms. The zero-order valence-electron chi connectivity index (χ0n) is 14.2. The molecule has 2 aromatic carbocycles. The highest BCUT2D eigenvalue weighted by molar-refractivity contribution is 5.83. The standard InChI is InChI=1S/C19H20F2N4O/c20-16-4-6-18(7-5-16)25-10-8-24(9-11-25)14-19(26)23-22-13-15-2-1-3-17(21)12-15/h1-7,12-13H,8-11,14H2,(H,23,26)/b22-13+.